The van der Waals surface area contributed by atoms with Gasteiger partial charge in [0.15, 0.2) is 0 Å². The lowest BCUT2D eigenvalue weighted by atomic mass is 9.92. The molecule has 0 aromatic heterocycles. The minimum absolute atomic E-state index is 0.0257. The number of anilines is 1. The minimum atomic E-state index is -4.52. The molecule has 0 radical (unpaired) electrons. The van der Waals surface area contributed by atoms with E-state index in [1.165, 1.54) is 0 Å². The first kappa shape index (κ1) is 32.2. The van der Waals surface area contributed by atoms with E-state index in [0.29, 0.717) is 54.0 Å². The third-order valence-electron chi connectivity index (χ3n) is 8.86. The fourth-order valence-electron chi connectivity index (χ4n) is 6.72. The molecular formula is C38H38F3N3O3. The zero-order valence-corrected chi connectivity index (χ0v) is 26.3. The topological polar surface area (TPSA) is 61.9 Å². The summed E-state index contributed by atoms with van der Waals surface area (Å²) in [4.78, 5) is 31.1. The smallest absolute Gasteiger partial charge is 0.406 e. The van der Waals surface area contributed by atoms with Crippen molar-refractivity contribution in [3.8, 4) is 22.6 Å². The summed E-state index contributed by atoms with van der Waals surface area (Å²) < 4.78 is 47.3. The monoisotopic (exact) mass is 641 g/mol. The van der Waals surface area contributed by atoms with Crippen molar-refractivity contribution in [2.75, 3.05) is 24.5 Å². The highest BCUT2D eigenvalue weighted by molar-refractivity contribution is 6.00. The Morgan fingerprint density at radius 3 is 2.40 bits per heavy atom. The van der Waals surface area contributed by atoms with E-state index < -0.39 is 30.7 Å². The molecule has 0 saturated carbocycles. The highest BCUT2D eigenvalue weighted by Crippen LogP contribution is 2.50. The number of halogens is 3. The standard InChI is InChI=1S/C38H38F3N3O3/c1-2-3-23-43(25-38(39,40)41)37(46)35-29-17-8-7-16-27(29)28-19-13-20-31(34(28)35)44-24-12-11-22-33(44)42-36(45)30-18-9-10-21-32(30)47-26-14-5-4-6-15-26/h4-10,13-21,33,35H,2-3,11-12,22-25H2,1H3,(H,42,45). The highest BCUT2D eigenvalue weighted by Gasteiger charge is 2.42. The summed E-state index contributed by atoms with van der Waals surface area (Å²) in [6, 6.07) is 29.5. The van der Waals surface area contributed by atoms with Crippen LogP contribution in [-0.4, -0.2) is 48.7 Å². The van der Waals surface area contributed by atoms with Crippen molar-refractivity contribution in [3.63, 3.8) is 0 Å². The van der Waals surface area contributed by atoms with E-state index in [-0.39, 0.29) is 12.5 Å². The number of alkyl halides is 3. The van der Waals surface area contributed by atoms with E-state index in [1.54, 1.807) is 18.2 Å². The fraction of sp³-hybridized carbons (Fsp3) is 0.316. The molecule has 1 aliphatic carbocycles. The Balaban J connectivity index is 1.35. The Morgan fingerprint density at radius 2 is 1.62 bits per heavy atom. The number of ether oxygens (including phenoxy) is 1. The van der Waals surface area contributed by atoms with Crippen LogP contribution in [0.2, 0.25) is 0 Å². The van der Waals surface area contributed by atoms with Crippen LogP contribution >= 0.6 is 0 Å². The van der Waals surface area contributed by atoms with Crippen LogP contribution in [-0.2, 0) is 4.79 Å². The van der Waals surface area contributed by atoms with Gasteiger partial charge in [0.2, 0.25) is 5.91 Å². The second kappa shape index (κ2) is 13.9. The molecule has 9 heteroatoms. The first-order valence-electron chi connectivity index (χ1n) is 16.2. The van der Waals surface area contributed by atoms with Gasteiger partial charge in [-0.25, -0.2) is 0 Å². The molecule has 244 valence electrons. The maximum absolute atomic E-state index is 14.2. The number of fused-ring (bicyclic) bond motifs is 3. The second-order valence-corrected chi connectivity index (χ2v) is 12.1. The summed E-state index contributed by atoms with van der Waals surface area (Å²) >= 11 is 0. The zero-order valence-electron chi connectivity index (χ0n) is 26.3. The van der Waals surface area contributed by atoms with Gasteiger partial charge in [-0.05, 0) is 72.7 Å². The quantitative estimate of drug-likeness (QED) is 0.189. The number of carbonyl (C=O) groups excluding carboxylic acids is 2. The van der Waals surface area contributed by atoms with Gasteiger partial charge in [-0.15, -0.1) is 0 Å². The predicted octanol–water partition coefficient (Wildman–Crippen LogP) is 8.53. The van der Waals surface area contributed by atoms with Crippen LogP contribution < -0.4 is 15.0 Å². The molecule has 0 bridgehead atoms. The van der Waals surface area contributed by atoms with Crippen LogP contribution in [0.25, 0.3) is 11.1 Å². The van der Waals surface area contributed by atoms with Crippen LogP contribution in [0.1, 0.15) is 66.4 Å². The molecule has 1 aliphatic heterocycles. The number of para-hydroxylation sites is 2. The molecule has 2 amide bonds. The molecule has 6 nitrogen and oxygen atoms in total. The summed E-state index contributed by atoms with van der Waals surface area (Å²) in [5.41, 5.74) is 4.20. The Hall–Kier alpha value is -4.79. The second-order valence-electron chi connectivity index (χ2n) is 12.1. The van der Waals surface area contributed by atoms with Crippen LogP contribution in [0.5, 0.6) is 11.5 Å². The van der Waals surface area contributed by atoms with Crippen molar-refractivity contribution >= 4 is 17.5 Å². The highest BCUT2D eigenvalue weighted by atomic mass is 19.4. The molecule has 6 rings (SSSR count). The number of unbranched alkanes of at least 4 members (excludes halogenated alkanes) is 1. The fourth-order valence-corrected chi connectivity index (χ4v) is 6.72. The Morgan fingerprint density at radius 1 is 0.894 bits per heavy atom. The van der Waals surface area contributed by atoms with Gasteiger partial charge >= 0.3 is 6.18 Å². The summed E-state index contributed by atoms with van der Waals surface area (Å²) in [6.07, 6.45) is -1.37. The number of rotatable bonds is 10. The predicted molar refractivity (Wildman–Crippen MR) is 177 cm³/mol. The summed E-state index contributed by atoms with van der Waals surface area (Å²) in [5, 5.41) is 3.21. The molecule has 1 N–H and O–H groups in total. The van der Waals surface area contributed by atoms with Crippen molar-refractivity contribution < 1.29 is 27.5 Å². The maximum Gasteiger partial charge on any atom is 0.406 e. The van der Waals surface area contributed by atoms with Crippen molar-refractivity contribution in [2.24, 2.45) is 0 Å². The third kappa shape index (κ3) is 6.99. The lowest BCUT2D eigenvalue weighted by Crippen LogP contribution is -2.51. The van der Waals surface area contributed by atoms with Crippen LogP contribution in [0, 0.1) is 0 Å². The molecule has 0 spiro atoms. The number of benzene rings is 4. The van der Waals surface area contributed by atoms with Gasteiger partial charge in [0.1, 0.15) is 24.2 Å². The number of piperidine rings is 1. The van der Waals surface area contributed by atoms with E-state index in [4.69, 9.17) is 4.74 Å². The molecule has 1 fully saturated rings. The molecule has 2 aliphatic rings. The van der Waals surface area contributed by atoms with Crippen molar-refractivity contribution in [1.29, 1.82) is 0 Å². The SMILES string of the molecule is CCCCN(CC(F)(F)F)C(=O)C1c2ccccc2-c2cccc(N3CCCCC3NC(=O)c3ccccc3Oc3ccccc3)c21. The molecule has 47 heavy (non-hydrogen) atoms. The van der Waals surface area contributed by atoms with E-state index in [1.807, 2.05) is 85.8 Å². The van der Waals surface area contributed by atoms with Crippen LogP contribution in [0.4, 0.5) is 18.9 Å². The minimum Gasteiger partial charge on any atom is -0.457 e. The lowest BCUT2D eigenvalue weighted by molar-refractivity contribution is -0.161. The van der Waals surface area contributed by atoms with Crippen LogP contribution in [0.3, 0.4) is 0 Å². The van der Waals surface area contributed by atoms with Gasteiger partial charge in [0.25, 0.3) is 5.91 Å². The molecule has 2 unspecified atom stereocenters. The van der Waals surface area contributed by atoms with Gasteiger partial charge in [0, 0.05) is 24.3 Å². The Bertz CT molecular complexity index is 1730. The van der Waals surface area contributed by atoms with Crippen molar-refractivity contribution in [1.82, 2.24) is 10.2 Å². The van der Waals surface area contributed by atoms with Gasteiger partial charge < -0.3 is 19.9 Å². The average molecular weight is 642 g/mol. The lowest BCUT2D eigenvalue weighted by Gasteiger charge is -2.40. The number of hydrogen-bond donors (Lipinski definition) is 1. The van der Waals surface area contributed by atoms with Gasteiger partial charge in [-0.1, -0.05) is 80.1 Å². The zero-order chi connectivity index (χ0) is 33.0. The number of hydrogen-bond acceptors (Lipinski definition) is 4. The maximum atomic E-state index is 14.2. The number of amides is 2. The molecule has 4 aromatic rings. The molecule has 1 saturated heterocycles. The number of nitrogens with one attached hydrogen (secondary N) is 1. The number of carbonyl (C=O) groups is 2. The first-order chi connectivity index (χ1) is 22.7. The molecule has 2 atom stereocenters. The summed E-state index contributed by atoms with van der Waals surface area (Å²) in [7, 11) is 0. The van der Waals surface area contributed by atoms with E-state index in [0.717, 1.165) is 34.6 Å². The first-order valence-corrected chi connectivity index (χ1v) is 16.2. The van der Waals surface area contributed by atoms with Crippen molar-refractivity contribution in [2.45, 2.75) is 57.3 Å². The largest absolute Gasteiger partial charge is 0.457 e. The van der Waals surface area contributed by atoms with E-state index in [9.17, 15) is 22.8 Å². The van der Waals surface area contributed by atoms with Gasteiger partial charge in [0.05, 0.1) is 11.5 Å². The summed E-state index contributed by atoms with van der Waals surface area (Å²) in [5.74, 6) is -0.709. The van der Waals surface area contributed by atoms with Crippen molar-refractivity contribution in [3.05, 3.63) is 114 Å². The van der Waals surface area contributed by atoms with Gasteiger partial charge in [-0.3, -0.25) is 9.59 Å². The normalized spacial score (nSPS) is 17.1. The molecule has 1 heterocycles. The Kier molecular flexibility index (Phi) is 9.52. The summed E-state index contributed by atoms with van der Waals surface area (Å²) in [6.45, 7) is 1.24. The third-order valence-corrected chi connectivity index (χ3v) is 8.86. The average Bonchev–Trinajstić information content (AvgIpc) is 3.41. The molecule has 4 aromatic carbocycles. The van der Waals surface area contributed by atoms with E-state index in [2.05, 4.69) is 10.2 Å². The number of nitrogens with zero attached hydrogens (tertiary/aromatic N) is 2. The molecular weight excluding hydrogens is 603 g/mol. The van der Waals surface area contributed by atoms with E-state index >= 15 is 0 Å². The van der Waals surface area contributed by atoms with Gasteiger partial charge in [-0.2, -0.15) is 13.2 Å². The van der Waals surface area contributed by atoms with Crippen LogP contribution in [0.15, 0.2) is 97.1 Å². The Labute approximate surface area is 273 Å².